The first-order valence-electron chi connectivity index (χ1n) is 27.5. The van der Waals surface area contributed by atoms with Crippen molar-refractivity contribution in [2.24, 2.45) is 0 Å². The van der Waals surface area contributed by atoms with Crippen molar-refractivity contribution >= 4 is 17.9 Å². The average Bonchev–Trinajstić information content (AvgIpc) is 3.28. The number of hydrogen-bond acceptors (Lipinski definition) is 6. The molecule has 0 saturated carbocycles. The van der Waals surface area contributed by atoms with Gasteiger partial charge in [0.15, 0.2) is 6.10 Å². The highest BCUT2D eigenvalue weighted by Gasteiger charge is 2.19. The molecule has 63 heavy (non-hydrogen) atoms. The van der Waals surface area contributed by atoms with Crippen molar-refractivity contribution in [3.8, 4) is 0 Å². The molecular formula is C57H104O6. The molecule has 0 unspecified atom stereocenters. The van der Waals surface area contributed by atoms with Crippen LogP contribution in [-0.2, 0) is 28.6 Å². The summed E-state index contributed by atoms with van der Waals surface area (Å²) in [4.78, 5) is 38.0. The number of ether oxygens (including phenoxy) is 3. The van der Waals surface area contributed by atoms with Gasteiger partial charge in [-0.05, 0) is 96.3 Å². The van der Waals surface area contributed by atoms with E-state index in [9.17, 15) is 14.4 Å². The standard InChI is InChI=1S/C57H104O6/c1-4-7-10-13-16-19-22-25-27-29-32-35-38-41-44-47-50-56(59)62-53-54(52-61-55(58)49-46-43-40-37-34-31-24-21-18-15-12-9-6-3)63-57(60)51-48-45-42-39-36-33-30-28-26-23-20-17-14-11-8-5-2/h21,24,27-30,54H,4-20,22-23,25-26,31-53H2,1-3H3/b24-21-,29-27-,30-28-/t54-/m1/s1. The van der Waals surface area contributed by atoms with E-state index in [4.69, 9.17) is 14.2 Å². The second-order valence-electron chi connectivity index (χ2n) is 18.5. The molecular weight excluding hydrogens is 781 g/mol. The summed E-state index contributed by atoms with van der Waals surface area (Å²) in [7, 11) is 0. The van der Waals surface area contributed by atoms with Crippen LogP contribution in [0.25, 0.3) is 0 Å². The molecule has 0 radical (unpaired) electrons. The van der Waals surface area contributed by atoms with E-state index in [0.29, 0.717) is 19.3 Å². The van der Waals surface area contributed by atoms with Gasteiger partial charge in [-0.1, -0.05) is 211 Å². The van der Waals surface area contributed by atoms with E-state index in [2.05, 4.69) is 57.2 Å². The minimum Gasteiger partial charge on any atom is -0.462 e. The number of hydrogen-bond donors (Lipinski definition) is 0. The fourth-order valence-corrected chi connectivity index (χ4v) is 7.90. The minimum absolute atomic E-state index is 0.0806. The van der Waals surface area contributed by atoms with Gasteiger partial charge in [0.1, 0.15) is 13.2 Å². The summed E-state index contributed by atoms with van der Waals surface area (Å²) in [6.45, 7) is 6.62. The van der Waals surface area contributed by atoms with Gasteiger partial charge in [0.2, 0.25) is 0 Å². The molecule has 0 aliphatic carbocycles. The predicted molar refractivity (Wildman–Crippen MR) is 270 cm³/mol. The van der Waals surface area contributed by atoms with Crippen molar-refractivity contribution in [2.45, 2.75) is 297 Å². The Morgan fingerprint density at radius 2 is 0.524 bits per heavy atom. The first kappa shape index (κ1) is 60.6. The fraction of sp³-hybridized carbons (Fsp3) is 0.842. The Labute approximate surface area is 391 Å². The first-order valence-corrected chi connectivity index (χ1v) is 27.5. The van der Waals surface area contributed by atoms with Crippen LogP contribution in [0, 0.1) is 0 Å². The molecule has 0 fully saturated rings. The van der Waals surface area contributed by atoms with Crippen molar-refractivity contribution in [3.63, 3.8) is 0 Å². The van der Waals surface area contributed by atoms with Crippen molar-refractivity contribution in [1.82, 2.24) is 0 Å². The number of esters is 3. The summed E-state index contributed by atoms with van der Waals surface area (Å²) in [6, 6.07) is 0. The topological polar surface area (TPSA) is 78.9 Å². The first-order chi connectivity index (χ1) is 31.0. The molecule has 6 nitrogen and oxygen atoms in total. The highest BCUT2D eigenvalue weighted by atomic mass is 16.6. The quantitative estimate of drug-likeness (QED) is 0.0262. The molecule has 6 heteroatoms. The number of unbranched alkanes of at least 4 members (excludes halogenated alkanes) is 33. The Morgan fingerprint density at radius 3 is 0.810 bits per heavy atom. The van der Waals surface area contributed by atoms with Gasteiger partial charge in [-0.25, -0.2) is 0 Å². The molecule has 0 heterocycles. The second-order valence-corrected chi connectivity index (χ2v) is 18.5. The fourth-order valence-electron chi connectivity index (χ4n) is 7.90. The van der Waals surface area contributed by atoms with Gasteiger partial charge in [-0.15, -0.1) is 0 Å². The third kappa shape index (κ3) is 50.5. The largest absolute Gasteiger partial charge is 0.462 e. The molecule has 0 spiro atoms. The molecule has 1 atom stereocenters. The molecule has 0 aromatic carbocycles. The SMILES string of the molecule is CCCCCC/C=C\CCCCCCCC(=O)OC[C@H](COC(=O)CCCCCCC/C=C\CCCCCCCCC)OC(=O)CCCCCCC/C=C\CCCCCCCCC. The summed E-state index contributed by atoms with van der Waals surface area (Å²) >= 11 is 0. The monoisotopic (exact) mass is 885 g/mol. The maximum atomic E-state index is 12.8. The maximum absolute atomic E-state index is 12.8. The molecule has 0 aliphatic rings. The Kier molecular flexibility index (Phi) is 50.3. The van der Waals surface area contributed by atoms with E-state index < -0.39 is 6.10 Å². The van der Waals surface area contributed by atoms with Crippen LogP contribution in [0.1, 0.15) is 290 Å². The molecule has 0 aromatic rings. The maximum Gasteiger partial charge on any atom is 0.306 e. The molecule has 0 bridgehead atoms. The van der Waals surface area contributed by atoms with Gasteiger partial charge in [0.05, 0.1) is 0 Å². The number of carbonyl (C=O) groups is 3. The highest BCUT2D eigenvalue weighted by Crippen LogP contribution is 2.15. The van der Waals surface area contributed by atoms with Crippen LogP contribution >= 0.6 is 0 Å². The summed E-state index contributed by atoms with van der Waals surface area (Å²) in [5.74, 6) is -0.894. The molecule has 0 aromatic heterocycles. The van der Waals surface area contributed by atoms with Crippen LogP contribution in [0.2, 0.25) is 0 Å². The van der Waals surface area contributed by atoms with Gasteiger partial charge < -0.3 is 14.2 Å². The Balaban J connectivity index is 4.38. The average molecular weight is 885 g/mol. The van der Waals surface area contributed by atoms with Gasteiger partial charge in [-0.2, -0.15) is 0 Å². The lowest BCUT2D eigenvalue weighted by atomic mass is 10.1. The van der Waals surface area contributed by atoms with Gasteiger partial charge in [0, 0.05) is 19.3 Å². The summed E-state index contributed by atoms with van der Waals surface area (Å²) in [5, 5.41) is 0. The zero-order valence-corrected chi connectivity index (χ0v) is 42.1. The van der Waals surface area contributed by atoms with Gasteiger partial charge in [0.25, 0.3) is 0 Å². The van der Waals surface area contributed by atoms with Crippen molar-refractivity contribution in [1.29, 1.82) is 0 Å². The number of carbonyl (C=O) groups excluding carboxylic acids is 3. The lowest BCUT2D eigenvalue weighted by molar-refractivity contribution is -0.167. The van der Waals surface area contributed by atoms with Crippen LogP contribution in [0.4, 0.5) is 0 Å². The van der Waals surface area contributed by atoms with E-state index in [-0.39, 0.29) is 31.1 Å². The van der Waals surface area contributed by atoms with Crippen molar-refractivity contribution < 1.29 is 28.6 Å². The number of rotatable bonds is 50. The number of allylic oxidation sites excluding steroid dienone is 6. The minimum atomic E-state index is -0.781. The Morgan fingerprint density at radius 1 is 0.302 bits per heavy atom. The zero-order chi connectivity index (χ0) is 45.8. The molecule has 0 aliphatic heterocycles. The molecule has 0 rings (SSSR count). The molecule has 0 N–H and O–H groups in total. The third-order valence-corrected chi connectivity index (χ3v) is 12.1. The lowest BCUT2D eigenvalue weighted by Gasteiger charge is -2.18. The van der Waals surface area contributed by atoms with Crippen LogP contribution in [0.15, 0.2) is 36.5 Å². The Bertz CT molecular complexity index is 1060. The van der Waals surface area contributed by atoms with Crippen LogP contribution in [0.3, 0.4) is 0 Å². The molecule has 0 amide bonds. The van der Waals surface area contributed by atoms with Crippen LogP contribution < -0.4 is 0 Å². The lowest BCUT2D eigenvalue weighted by Crippen LogP contribution is -2.30. The van der Waals surface area contributed by atoms with E-state index >= 15 is 0 Å². The van der Waals surface area contributed by atoms with E-state index in [1.54, 1.807) is 0 Å². The smallest absolute Gasteiger partial charge is 0.306 e. The normalized spacial score (nSPS) is 12.2. The molecule has 368 valence electrons. The van der Waals surface area contributed by atoms with E-state index in [1.165, 1.54) is 173 Å². The van der Waals surface area contributed by atoms with Gasteiger partial charge >= 0.3 is 17.9 Å². The second kappa shape index (κ2) is 52.3. The van der Waals surface area contributed by atoms with Gasteiger partial charge in [-0.3, -0.25) is 14.4 Å². The summed E-state index contributed by atoms with van der Waals surface area (Å²) < 4.78 is 16.8. The van der Waals surface area contributed by atoms with Crippen LogP contribution in [0.5, 0.6) is 0 Å². The Hall–Kier alpha value is -2.37. The van der Waals surface area contributed by atoms with Crippen molar-refractivity contribution in [2.75, 3.05) is 13.2 Å². The van der Waals surface area contributed by atoms with Crippen LogP contribution in [-0.4, -0.2) is 37.2 Å². The van der Waals surface area contributed by atoms with E-state index in [0.717, 1.165) is 77.0 Å². The van der Waals surface area contributed by atoms with Crippen molar-refractivity contribution in [3.05, 3.63) is 36.5 Å². The predicted octanol–water partition coefficient (Wildman–Crippen LogP) is 18.1. The highest BCUT2D eigenvalue weighted by molar-refractivity contribution is 5.71. The zero-order valence-electron chi connectivity index (χ0n) is 42.1. The summed E-state index contributed by atoms with van der Waals surface area (Å²) in [5.41, 5.74) is 0. The molecule has 0 saturated heterocycles. The third-order valence-electron chi connectivity index (χ3n) is 12.1. The van der Waals surface area contributed by atoms with E-state index in [1.807, 2.05) is 0 Å². The summed E-state index contributed by atoms with van der Waals surface area (Å²) in [6.07, 6.45) is 61.3.